The zero-order valence-electron chi connectivity index (χ0n) is 11.0. The maximum absolute atomic E-state index is 13.0. The fourth-order valence-corrected chi connectivity index (χ4v) is 1.75. The maximum atomic E-state index is 13.0. The molecule has 0 heterocycles. The Morgan fingerprint density at radius 2 is 1.56 bits per heavy atom. The molecule has 0 N–H and O–H groups in total. The molecule has 0 aliphatic heterocycles. The predicted octanol–water partition coefficient (Wildman–Crippen LogP) is 5.47. The van der Waals surface area contributed by atoms with Crippen LogP contribution in [0.5, 0.6) is 0 Å². The molecule has 0 fully saturated rings. The lowest BCUT2D eigenvalue weighted by molar-refractivity contribution is -0.137. The van der Waals surface area contributed by atoms with Crippen LogP contribution >= 0.6 is 0 Å². The first-order valence-electron chi connectivity index (χ1n) is 5.72. The number of benzene rings is 1. The lowest BCUT2D eigenvalue weighted by atomic mass is 9.94. The summed E-state index contributed by atoms with van der Waals surface area (Å²) in [5.41, 5.74) is 2.14. The van der Waals surface area contributed by atoms with Gasteiger partial charge in [0.05, 0.1) is 5.56 Å². The van der Waals surface area contributed by atoms with Crippen molar-refractivity contribution in [3.05, 3.63) is 52.6 Å². The van der Waals surface area contributed by atoms with Crippen LogP contribution in [-0.2, 0) is 6.18 Å². The standard InChI is InChI=1S/C15H17F3/c1-10(2)9-13(11(3)4)12-7-5-6-8-14(12)15(16,17)18/h5-9H,1-4H3. The second-order valence-corrected chi connectivity index (χ2v) is 4.68. The largest absolute Gasteiger partial charge is 0.417 e. The molecule has 0 aliphatic rings. The molecule has 1 aromatic rings. The van der Waals surface area contributed by atoms with E-state index in [1.54, 1.807) is 12.1 Å². The van der Waals surface area contributed by atoms with Gasteiger partial charge in [-0.25, -0.2) is 0 Å². The topological polar surface area (TPSA) is 0 Å². The Morgan fingerprint density at radius 3 is 2.00 bits per heavy atom. The van der Waals surface area contributed by atoms with E-state index in [-0.39, 0.29) is 5.56 Å². The summed E-state index contributed by atoms with van der Waals surface area (Å²) in [6.07, 6.45) is -2.54. The highest BCUT2D eigenvalue weighted by Crippen LogP contribution is 2.36. The Bertz CT molecular complexity index is 483. The highest BCUT2D eigenvalue weighted by atomic mass is 19.4. The summed E-state index contributed by atoms with van der Waals surface area (Å²) in [6.45, 7) is 7.39. The average Bonchev–Trinajstić information content (AvgIpc) is 2.24. The molecular formula is C15H17F3. The third-order valence-electron chi connectivity index (χ3n) is 2.49. The van der Waals surface area contributed by atoms with Crippen LogP contribution in [0.15, 0.2) is 41.5 Å². The van der Waals surface area contributed by atoms with Gasteiger partial charge in [0.2, 0.25) is 0 Å². The molecule has 0 saturated heterocycles. The third kappa shape index (κ3) is 3.49. The smallest absolute Gasteiger partial charge is 0.166 e. The molecular weight excluding hydrogens is 237 g/mol. The van der Waals surface area contributed by atoms with Gasteiger partial charge in [0, 0.05) is 0 Å². The van der Waals surface area contributed by atoms with Gasteiger partial charge < -0.3 is 0 Å². The van der Waals surface area contributed by atoms with Crippen LogP contribution in [0.4, 0.5) is 13.2 Å². The van der Waals surface area contributed by atoms with Gasteiger partial charge in [-0.15, -0.1) is 0 Å². The van der Waals surface area contributed by atoms with E-state index in [1.807, 2.05) is 27.7 Å². The van der Waals surface area contributed by atoms with Crippen molar-refractivity contribution in [1.82, 2.24) is 0 Å². The minimum absolute atomic E-state index is 0.242. The SMILES string of the molecule is CC(C)=CC(=C(C)C)c1ccccc1C(F)(F)F. The fourth-order valence-electron chi connectivity index (χ4n) is 1.75. The summed E-state index contributed by atoms with van der Waals surface area (Å²) < 4.78 is 38.9. The Morgan fingerprint density at radius 1 is 1.00 bits per heavy atom. The van der Waals surface area contributed by atoms with E-state index in [4.69, 9.17) is 0 Å². The molecule has 0 nitrogen and oxygen atoms in total. The molecule has 0 amide bonds. The molecule has 3 heteroatoms. The molecule has 98 valence electrons. The predicted molar refractivity (Wildman–Crippen MR) is 69.1 cm³/mol. The van der Waals surface area contributed by atoms with E-state index in [9.17, 15) is 13.2 Å². The van der Waals surface area contributed by atoms with Gasteiger partial charge in [-0.3, -0.25) is 0 Å². The number of hydrogen-bond donors (Lipinski definition) is 0. The number of hydrogen-bond acceptors (Lipinski definition) is 0. The van der Waals surface area contributed by atoms with Gasteiger partial charge in [-0.2, -0.15) is 13.2 Å². The monoisotopic (exact) mass is 254 g/mol. The highest BCUT2D eigenvalue weighted by molar-refractivity contribution is 5.78. The molecule has 0 unspecified atom stereocenters. The first-order chi connectivity index (χ1) is 8.23. The summed E-state index contributed by atoms with van der Waals surface area (Å²) >= 11 is 0. The van der Waals surface area contributed by atoms with E-state index in [0.29, 0.717) is 5.57 Å². The summed E-state index contributed by atoms with van der Waals surface area (Å²) in [5, 5.41) is 0. The molecule has 18 heavy (non-hydrogen) atoms. The Balaban J connectivity index is 3.50. The lowest BCUT2D eigenvalue weighted by Crippen LogP contribution is -2.08. The Labute approximate surface area is 106 Å². The number of alkyl halides is 3. The molecule has 0 bridgehead atoms. The molecule has 0 spiro atoms. The first kappa shape index (κ1) is 14.6. The third-order valence-corrected chi connectivity index (χ3v) is 2.49. The van der Waals surface area contributed by atoms with Gasteiger partial charge >= 0.3 is 6.18 Å². The molecule has 0 aromatic heterocycles. The molecule has 0 aliphatic carbocycles. The van der Waals surface area contributed by atoms with Crippen LogP contribution in [-0.4, -0.2) is 0 Å². The summed E-state index contributed by atoms with van der Waals surface area (Å²) in [5.74, 6) is 0. The normalized spacial score (nSPS) is 11.1. The Hall–Kier alpha value is -1.51. The van der Waals surface area contributed by atoms with Crippen LogP contribution in [0.25, 0.3) is 5.57 Å². The van der Waals surface area contributed by atoms with Gasteiger partial charge in [0.15, 0.2) is 0 Å². The second-order valence-electron chi connectivity index (χ2n) is 4.68. The Kier molecular flexibility index (Phi) is 4.38. The molecule has 1 aromatic carbocycles. The van der Waals surface area contributed by atoms with Crippen LogP contribution < -0.4 is 0 Å². The van der Waals surface area contributed by atoms with Crippen molar-refractivity contribution in [2.24, 2.45) is 0 Å². The maximum Gasteiger partial charge on any atom is 0.417 e. The zero-order valence-corrected chi connectivity index (χ0v) is 11.0. The van der Waals surface area contributed by atoms with Crippen LogP contribution in [0.3, 0.4) is 0 Å². The van der Waals surface area contributed by atoms with Crippen molar-refractivity contribution < 1.29 is 13.2 Å². The first-order valence-corrected chi connectivity index (χ1v) is 5.72. The van der Waals surface area contributed by atoms with Crippen LogP contribution in [0.2, 0.25) is 0 Å². The zero-order chi connectivity index (χ0) is 13.9. The van der Waals surface area contributed by atoms with E-state index in [1.165, 1.54) is 12.1 Å². The van der Waals surface area contributed by atoms with Crippen molar-refractivity contribution in [2.75, 3.05) is 0 Å². The van der Waals surface area contributed by atoms with Crippen molar-refractivity contribution in [2.45, 2.75) is 33.9 Å². The van der Waals surface area contributed by atoms with Crippen molar-refractivity contribution in [3.8, 4) is 0 Å². The summed E-state index contributed by atoms with van der Waals surface area (Å²) in [6, 6.07) is 5.69. The van der Waals surface area contributed by atoms with E-state index < -0.39 is 11.7 Å². The minimum Gasteiger partial charge on any atom is -0.166 e. The van der Waals surface area contributed by atoms with E-state index in [0.717, 1.165) is 17.2 Å². The van der Waals surface area contributed by atoms with Gasteiger partial charge in [0.1, 0.15) is 0 Å². The van der Waals surface area contributed by atoms with Crippen molar-refractivity contribution in [3.63, 3.8) is 0 Å². The van der Waals surface area contributed by atoms with Crippen molar-refractivity contribution >= 4 is 5.57 Å². The molecule has 0 radical (unpaired) electrons. The van der Waals surface area contributed by atoms with E-state index in [2.05, 4.69) is 0 Å². The average molecular weight is 254 g/mol. The molecule has 1 rings (SSSR count). The van der Waals surface area contributed by atoms with Crippen molar-refractivity contribution in [1.29, 1.82) is 0 Å². The van der Waals surface area contributed by atoms with E-state index >= 15 is 0 Å². The number of allylic oxidation sites excluding steroid dienone is 4. The minimum atomic E-state index is -4.33. The van der Waals surface area contributed by atoms with Gasteiger partial charge in [-0.1, -0.05) is 35.4 Å². The highest BCUT2D eigenvalue weighted by Gasteiger charge is 2.33. The van der Waals surface area contributed by atoms with Gasteiger partial charge in [-0.05, 0) is 44.9 Å². The fraction of sp³-hybridized carbons (Fsp3) is 0.333. The van der Waals surface area contributed by atoms with Crippen LogP contribution in [0.1, 0.15) is 38.8 Å². The number of halogens is 3. The molecule has 0 saturated carbocycles. The second kappa shape index (κ2) is 5.42. The van der Waals surface area contributed by atoms with Gasteiger partial charge in [0.25, 0.3) is 0 Å². The summed E-state index contributed by atoms with van der Waals surface area (Å²) in [7, 11) is 0. The quantitative estimate of drug-likeness (QED) is 0.614. The lowest BCUT2D eigenvalue weighted by Gasteiger charge is -2.15. The summed E-state index contributed by atoms with van der Waals surface area (Å²) in [4.78, 5) is 0. The van der Waals surface area contributed by atoms with Crippen LogP contribution in [0, 0.1) is 0 Å². The number of rotatable bonds is 2. The molecule has 0 atom stereocenters.